The first kappa shape index (κ1) is 20.9. The Morgan fingerprint density at radius 1 is 1.00 bits per heavy atom. The van der Waals surface area contributed by atoms with Crippen LogP contribution in [-0.4, -0.2) is 41.0 Å². The second-order valence-corrected chi connectivity index (χ2v) is 7.46. The maximum Gasteiger partial charge on any atom is 0.269 e. The summed E-state index contributed by atoms with van der Waals surface area (Å²) < 4.78 is 1.88. The van der Waals surface area contributed by atoms with E-state index < -0.39 is 4.92 Å². The van der Waals surface area contributed by atoms with Crippen molar-refractivity contribution in [2.75, 3.05) is 17.6 Å². The number of hydrogen-bond donors (Lipinski definition) is 2. The third-order valence-electron chi connectivity index (χ3n) is 5.22. The molecule has 2 aromatic carbocycles. The van der Waals surface area contributed by atoms with Gasteiger partial charge in [-0.2, -0.15) is 4.98 Å². The molecule has 0 atom stereocenters. The summed E-state index contributed by atoms with van der Waals surface area (Å²) in [5, 5.41) is 14.1. The average molecular weight is 453 g/mol. The monoisotopic (exact) mass is 453 g/mol. The normalized spacial score (nSPS) is 10.9. The lowest BCUT2D eigenvalue weighted by Crippen LogP contribution is -2.09. The highest BCUT2D eigenvalue weighted by atomic mass is 16.6. The van der Waals surface area contributed by atoms with E-state index in [1.165, 1.54) is 6.07 Å². The van der Waals surface area contributed by atoms with Gasteiger partial charge in [0.15, 0.2) is 0 Å². The standard InChI is InChI=1S/C23H19N9O2/c24-22-25-10-7-18(29-22)16-4-5-20-19(13-16)28-14-31(20)21-8-11-27-23(30-21)26-9-6-15-2-1-3-17(12-15)32(33)34/h1-5,7-8,10-14H,6,9H2,(H2,24,25,29)(H,26,27,30). The van der Waals surface area contributed by atoms with Gasteiger partial charge in [0.2, 0.25) is 11.9 Å². The Balaban J connectivity index is 1.33. The van der Waals surface area contributed by atoms with E-state index in [1.54, 1.807) is 43.0 Å². The van der Waals surface area contributed by atoms with Crippen molar-refractivity contribution in [2.24, 2.45) is 0 Å². The largest absolute Gasteiger partial charge is 0.368 e. The molecule has 3 N–H and O–H groups in total. The summed E-state index contributed by atoms with van der Waals surface area (Å²) in [4.78, 5) is 32.1. The highest BCUT2D eigenvalue weighted by Gasteiger charge is 2.10. The van der Waals surface area contributed by atoms with Crippen molar-refractivity contribution >= 4 is 28.6 Å². The van der Waals surface area contributed by atoms with Crippen molar-refractivity contribution in [3.05, 3.63) is 89.0 Å². The maximum absolute atomic E-state index is 10.9. The van der Waals surface area contributed by atoms with Crippen LogP contribution in [0.3, 0.4) is 0 Å². The van der Waals surface area contributed by atoms with Crippen LogP contribution in [0, 0.1) is 10.1 Å². The van der Waals surface area contributed by atoms with Gasteiger partial charge in [0.1, 0.15) is 12.1 Å². The third-order valence-corrected chi connectivity index (χ3v) is 5.22. The van der Waals surface area contributed by atoms with Gasteiger partial charge in [-0.05, 0) is 36.2 Å². The van der Waals surface area contributed by atoms with Crippen molar-refractivity contribution in [3.63, 3.8) is 0 Å². The van der Waals surface area contributed by atoms with Gasteiger partial charge in [-0.1, -0.05) is 18.2 Å². The molecule has 0 spiro atoms. The van der Waals surface area contributed by atoms with Crippen molar-refractivity contribution in [1.29, 1.82) is 0 Å². The Bertz CT molecular complexity index is 1500. The van der Waals surface area contributed by atoms with Crippen LogP contribution in [0.2, 0.25) is 0 Å². The minimum absolute atomic E-state index is 0.0778. The molecule has 5 rings (SSSR count). The number of nitrogens with one attached hydrogen (secondary N) is 1. The third kappa shape index (κ3) is 4.35. The number of nitro benzene ring substituents is 1. The predicted octanol–water partition coefficient (Wildman–Crippen LogP) is 3.42. The van der Waals surface area contributed by atoms with E-state index in [0.29, 0.717) is 24.7 Å². The van der Waals surface area contributed by atoms with Crippen molar-refractivity contribution in [2.45, 2.75) is 6.42 Å². The zero-order valence-electron chi connectivity index (χ0n) is 17.9. The van der Waals surface area contributed by atoms with E-state index in [-0.39, 0.29) is 11.6 Å². The molecule has 0 saturated carbocycles. The van der Waals surface area contributed by atoms with Crippen LogP contribution in [0.5, 0.6) is 0 Å². The predicted molar refractivity (Wildman–Crippen MR) is 127 cm³/mol. The van der Waals surface area contributed by atoms with Crippen molar-refractivity contribution in [1.82, 2.24) is 29.5 Å². The lowest BCUT2D eigenvalue weighted by molar-refractivity contribution is -0.384. The lowest BCUT2D eigenvalue weighted by atomic mass is 10.1. The van der Waals surface area contributed by atoms with Crippen LogP contribution in [0.15, 0.2) is 73.3 Å². The number of nitrogens with two attached hydrogens (primary N) is 1. The minimum Gasteiger partial charge on any atom is -0.368 e. The number of hydrogen-bond acceptors (Lipinski definition) is 9. The maximum atomic E-state index is 10.9. The van der Waals surface area contributed by atoms with Gasteiger partial charge in [0, 0.05) is 36.6 Å². The molecule has 0 aliphatic rings. The summed E-state index contributed by atoms with van der Waals surface area (Å²) in [6, 6.07) is 16.0. The van der Waals surface area contributed by atoms with E-state index in [0.717, 1.165) is 27.9 Å². The summed E-state index contributed by atoms with van der Waals surface area (Å²) >= 11 is 0. The van der Waals surface area contributed by atoms with Gasteiger partial charge < -0.3 is 11.1 Å². The zero-order valence-corrected chi connectivity index (χ0v) is 17.9. The average Bonchev–Trinajstić information content (AvgIpc) is 3.28. The topological polar surface area (TPSA) is 151 Å². The number of non-ortho nitro benzene ring substituents is 1. The molecule has 0 fully saturated rings. The van der Waals surface area contributed by atoms with Gasteiger partial charge in [-0.15, -0.1) is 0 Å². The smallest absolute Gasteiger partial charge is 0.269 e. The quantitative estimate of drug-likeness (QED) is 0.279. The molecular weight excluding hydrogens is 434 g/mol. The molecule has 0 aliphatic heterocycles. The zero-order chi connectivity index (χ0) is 23.5. The molecule has 11 nitrogen and oxygen atoms in total. The van der Waals surface area contributed by atoms with Crippen LogP contribution in [0.25, 0.3) is 28.1 Å². The number of anilines is 2. The number of nitro groups is 1. The Labute approximate surface area is 193 Å². The Morgan fingerprint density at radius 2 is 1.88 bits per heavy atom. The Morgan fingerprint density at radius 3 is 2.74 bits per heavy atom. The number of nitrogen functional groups attached to an aromatic ring is 1. The van der Waals surface area contributed by atoms with Crippen LogP contribution in [-0.2, 0) is 6.42 Å². The SMILES string of the molecule is Nc1nccc(-c2ccc3c(c2)ncn3-c2ccnc(NCCc3cccc([N+](=O)[O-])c3)n2)n1. The highest BCUT2D eigenvalue weighted by Crippen LogP contribution is 2.24. The van der Waals surface area contributed by atoms with Gasteiger partial charge in [0.25, 0.3) is 5.69 Å². The number of rotatable bonds is 7. The molecular formula is C23H19N9O2. The van der Waals surface area contributed by atoms with Crippen LogP contribution >= 0.6 is 0 Å². The summed E-state index contributed by atoms with van der Waals surface area (Å²) in [6.45, 7) is 0.528. The summed E-state index contributed by atoms with van der Waals surface area (Å²) in [5.41, 5.74) is 9.92. The Hall–Kier alpha value is -4.93. The molecule has 3 aromatic heterocycles. The molecule has 0 aliphatic carbocycles. The molecule has 34 heavy (non-hydrogen) atoms. The van der Waals surface area contributed by atoms with Crippen LogP contribution < -0.4 is 11.1 Å². The minimum atomic E-state index is -0.398. The molecule has 168 valence electrons. The summed E-state index contributed by atoms with van der Waals surface area (Å²) in [5.74, 6) is 1.34. The van der Waals surface area contributed by atoms with Gasteiger partial charge in [-0.3, -0.25) is 14.7 Å². The first-order valence-corrected chi connectivity index (χ1v) is 10.4. The fourth-order valence-electron chi connectivity index (χ4n) is 3.60. The molecule has 11 heteroatoms. The van der Waals surface area contributed by atoms with Crippen LogP contribution in [0.1, 0.15) is 5.56 Å². The summed E-state index contributed by atoms with van der Waals surface area (Å²) in [7, 11) is 0. The van der Waals surface area contributed by atoms with Crippen molar-refractivity contribution in [3.8, 4) is 17.1 Å². The van der Waals surface area contributed by atoms with Gasteiger partial charge in [-0.25, -0.2) is 19.9 Å². The number of nitrogens with zero attached hydrogens (tertiary/aromatic N) is 7. The Kier molecular flexibility index (Phi) is 5.48. The molecule has 0 radical (unpaired) electrons. The molecule has 0 saturated heterocycles. The summed E-state index contributed by atoms with van der Waals surface area (Å²) in [6.07, 6.45) is 5.59. The first-order chi connectivity index (χ1) is 16.6. The van der Waals surface area contributed by atoms with E-state index in [9.17, 15) is 10.1 Å². The number of aromatic nitrogens is 6. The van der Waals surface area contributed by atoms with E-state index in [4.69, 9.17) is 5.73 Å². The molecule has 0 bridgehead atoms. The van der Waals surface area contributed by atoms with Crippen molar-refractivity contribution < 1.29 is 4.92 Å². The van der Waals surface area contributed by atoms with Gasteiger partial charge >= 0.3 is 0 Å². The first-order valence-electron chi connectivity index (χ1n) is 10.4. The fourth-order valence-corrected chi connectivity index (χ4v) is 3.60. The van der Waals surface area contributed by atoms with Gasteiger partial charge in [0.05, 0.1) is 21.7 Å². The number of benzene rings is 2. The second kappa shape index (κ2) is 8.90. The molecule has 3 heterocycles. The number of imidazole rings is 1. The molecule has 5 aromatic rings. The fraction of sp³-hybridized carbons (Fsp3) is 0.0870. The van der Waals surface area contributed by atoms with Crippen LogP contribution in [0.4, 0.5) is 17.6 Å². The highest BCUT2D eigenvalue weighted by molar-refractivity contribution is 5.82. The van der Waals surface area contributed by atoms with E-state index in [2.05, 4.69) is 30.2 Å². The second-order valence-electron chi connectivity index (χ2n) is 7.46. The lowest BCUT2D eigenvalue weighted by Gasteiger charge is -2.08. The molecule has 0 amide bonds. The molecule has 0 unspecified atom stereocenters. The van der Waals surface area contributed by atoms with E-state index in [1.807, 2.05) is 28.8 Å². The number of fused-ring (bicyclic) bond motifs is 1. The van der Waals surface area contributed by atoms with E-state index >= 15 is 0 Å².